The summed E-state index contributed by atoms with van der Waals surface area (Å²) in [5, 5.41) is 9.84. The topological polar surface area (TPSA) is 112 Å². The second kappa shape index (κ2) is 11.3. The van der Waals surface area contributed by atoms with Crippen LogP contribution < -0.4 is 30.2 Å². The van der Waals surface area contributed by atoms with Crippen molar-refractivity contribution in [2.24, 2.45) is 0 Å². The van der Waals surface area contributed by atoms with Gasteiger partial charge in [-0.25, -0.2) is 15.0 Å². The highest BCUT2D eigenvalue weighted by molar-refractivity contribution is 7.80. The zero-order valence-corrected chi connectivity index (χ0v) is 19.2. The first-order valence-corrected chi connectivity index (χ1v) is 10.2. The number of methoxy groups -OCH3 is 4. The number of nitrogens with one attached hydrogen (secondary N) is 3. The molecule has 0 aliphatic rings. The van der Waals surface area contributed by atoms with Crippen molar-refractivity contribution in [2.45, 2.75) is 6.42 Å². The molecule has 0 aliphatic carbocycles. The van der Waals surface area contributed by atoms with E-state index in [1.165, 1.54) is 0 Å². The van der Waals surface area contributed by atoms with Gasteiger partial charge in [-0.3, -0.25) is 0 Å². The molecule has 2 aromatic heterocycles. The summed E-state index contributed by atoms with van der Waals surface area (Å²) in [6.45, 7) is 1.37. The molecule has 0 aliphatic heterocycles. The number of pyridine rings is 1. The van der Waals surface area contributed by atoms with Gasteiger partial charge in [-0.1, -0.05) is 0 Å². The lowest BCUT2D eigenvalue weighted by Crippen LogP contribution is -2.30. The quantitative estimate of drug-likeness (QED) is 0.308. The molecular weight excluding hydrogens is 432 g/mol. The maximum Gasteiger partial charge on any atom is 0.203 e. The Kier molecular flexibility index (Phi) is 8.17. The normalized spacial score (nSPS) is 10.5. The number of ether oxygens (including phenoxy) is 4. The number of hydrogen-bond donors (Lipinski definition) is 3. The Labute approximate surface area is 191 Å². The molecule has 32 heavy (non-hydrogen) atoms. The Morgan fingerprint density at radius 3 is 2.34 bits per heavy atom. The summed E-state index contributed by atoms with van der Waals surface area (Å²) in [5.74, 6) is 2.64. The molecule has 0 unspecified atom stereocenters. The zero-order chi connectivity index (χ0) is 22.9. The Bertz CT molecular complexity index is 1060. The van der Waals surface area contributed by atoms with Gasteiger partial charge in [0.2, 0.25) is 5.75 Å². The van der Waals surface area contributed by atoms with Crippen LogP contribution in [0.1, 0.15) is 6.42 Å². The number of fused-ring (bicyclic) bond motifs is 1. The molecular formula is C21H26N6O4S. The Hall–Kier alpha value is -3.44. The van der Waals surface area contributed by atoms with E-state index < -0.39 is 0 Å². The molecule has 2 heterocycles. The first-order chi connectivity index (χ1) is 15.6. The third kappa shape index (κ3) is 5.83. The van der Waals surface area contributed by atoms with E-state index in [4.69, 9.17) is 31.2 Å². The summed E-state index contributed by atoms with van der Waals surface area (Å²) >= 11 is 5.30. The van der Waals surface area contributed by atoms with Gasteiger partial charge in [0.25, 0.3) is 0 Å². The van der Waals surface area contributed by atoms with E-state index >= 15 is 0 Å². The predicted octanol–water partition coefficient (Wildman–Crippen LogP) is 3.12. The summed E-state index contributed by atoms with van der Waals surface area (Å²) < 4.78 is 21.2. The van der Waals surface area contributed by atoms with Crippen LogP contribution in [-0.2, 0) is 4.74 Å². The second-order valence-electron chi connectivity index (χ2n) is 6.56. The molecule has 10 nitrogen and oxygen atoms in total. The van der Waals surface area contributed by atoms with Gasteiger partial charge in [0.1, 0.15) is 11.3 Å². The van der Waals surface area contributed by atoms with E-state index in [1.54, 1.807) is 52.8 Å². The maximum absolute atomic E-state index is 5.39. The molecule has 0 radical (unpaired) electrons. The summed E-state index contributed by atoms with van der Waals surface area (Å²) in [5.41, 5.74) is 1.82. The summed E-state index contributed by atoms with van der Waals surface area (Å²) in [6, 6.07) is 7.19. The van der Waals surface area contributed by atoms with Crippen LogP contribution in [0.25, 0.3) is 11.2 Å². The minimum Gasteiger partial charge on any atom is -0.493 e. The Balaban J connectivity index is 1.77. The smallest absolute Gasteiger partial charge is 0.203 e. The predicted molar refractivity (Wildman–Crippen MR) is 127 cm³/mol. The van der Waals surface area contributed by atoms with Crippen molar-refractivity contribution in [1.82, 2.24) is 20.3 Å². The lowest BCUT2D eigenvalue weighted by Gasteiger charge is -2.15. The summed E-state index contributed by atoms with van der Waals surface area (Å²) in [6.07, 6.45) is 2.48. The monoisotopic (exact) mass is 458 g/mol. The Morgan fingerprint density at radius 2 is 1.69 bits per heavy atom. The number of hydrogen-bond acceptors (Lipinski definition) is 9. The van der Waals surface area contributed by atoms with Gasteiger partial charge in [-0.05, 0) is 30.8 Å². The zero-order valence-electron chi connectivity index (χ0n) is 18.4. The minimum atomic E-state index is 0.467. The van der Waals surface area contributed by atoms with Crippen molar-refractivity contribution in [1.29, 1.82) is 0 Å². The molecule has 170 valence electrons. The average Bonchev–Trinajstić information content (AvgIpc) is 2.81. The van der Waals surface area contributed by atoms with E-state index in [0.29, 0.717) is 64.0 Å². The van der Waals surface area contributed by atoms with Crippen LogP contribution in [0.5, 0.6) is 17.2 Å². The fourth-order valence-corrected chi connectivity index (χ4v) is 3.11. The fraction of sp³-hybridized carbons (Fsp3) is 0.333. The van der Waals surface area contributed by atoms with Crippen molar-refractivity contribution in [3.05, 3.63) is 30.5 Å². The molecule has 3 aromatic rings. The van der Waals surface area contributed by atoms with Gasteiger partial charge in [-0.2, -0.15) is 0 Å². The third-order valence-corrected chi connectivity index (χ3v) is 4.64. The highest BCUT2D eigenvalue weighted by atomic mass is 32.1. The van der Waals surface area contributed by atoms with Gasteiger partial charge >= 0.3 is 0 Å². The van der Waals surface area contributed by atoms with Crippen LogP contribution in [0.15, 0.2) is 30.5 Å². The molecule has 1 aromatic carbocycles. The van der Waals surface area contributed by atoms with Crippen molar-refractivity contribution in [3.8, 4) is 17.2 Å². The first-order valence-electron chi connectivity index (χ1n) is 9.82. The third-order valence-electron chi connectivity index (χ3n) is 4.40. The molecule has 0 atom stereocenters. The fourth-order valence-electron chi connectivity index (χ4n) is 2.91. The molecule has 0 saturated heterocycles. The highest BCUT2D eigenvalue weighted by Crippen LogP contribution is 2.40. The lowest BCUT2D eigenvalue weighted by atomic mass is 10.2. The van der Waals surface area contributed by atoms with Crippen molar-refractivity contribution in [2.75, 3.05) is 52.2 Å². The van der Waals surface area contributed by atoms with E-state index in [9.17, 15) is 0 Å². The van der Waals surface area contributed by atoms with Crippen molar-refractivity contribution >= 4 is 45.8 Å². The molecule has 0 fully saturated rings. The lowest BCUT2D eigenvalue weighted by molar-refractivity contribution is 0.196. The molecule has 0 saturated carbocycles. The number of anilines is 3. The number of benzene rings is 1. The largest absolute Gasteiger partial charge is 0.493 e. The van der Waals surface area contributed by atoms with Crippen LogP contribution in [0.2, 0.25) is 0 Å². The average molecular weight is 459 g/mol. The van der Waals surface area contributed by atoms with Crippen molar-refractivity contribution < 1.29 is 18.9 Å². The minimum absolute atomic E-state index is 0.467. The number of aromatic nitrogens is 3. The SMILES string of the molecule is COCCCNC(=S)Nc1ccc2ncc(Nc3cc(OC)c(OC)c(OC)c3)nc2n1. The number of rotatable bonds is 10. The molecule has 3 N–H and O–H groups in total. The van der Waals surface area contributed by atoms with Gasteiger partial charge in [0.05, 0.1) is 27.5 Å². The van der Waals surface area contributed by atoms with Crippen LogP contribution in [0, 0.1) is 0 Å². The molecule has 0 spiro atoms. The number of thiocarbonyl (C=S) groups is 1. The summed E-state index contributed by atoms with van der Waals surface area (Å²) in [4.78, 5) is 13.5. The highest BCUT2D eigenvalue weighted by Gasteiger charge is 2.14. The Morgan fingerprint density at radius 1 is 0.969 bits per heavy atom. The standard InChI is InChI=1S/C21H26N6O4S/c1-28-9-5-8-22-21(32)27-17-7-6-14-20(25-17)26-18(12-23-14)24-13-10-15(29-2)19(31-4)16(11-13)30-3/h6-7,10-12H,5,8-9H2,1-4H3,(H3,22,24,25,26,27,32). The summed E-state index contributed by atoms with van der Waals surface area (Å²) in [7, 11) is 6.35. The van der Waals surface area contributed by atoms with E-state index in [-0.39, 0.29) is 0 Å². The second-order valence-corrected chi connectivity index (χ2v) is 6.97. The van der Waals surface area contributed by atoms with E-state index in [1.807, 2.05) is 6.07 Å². The molecule has 11 heteroatoms. The van der Waals surface area contributed by atoms with Crippen LogP contribution in [0.3, 0.4) is 0 Å². The maximum atomic E-state index is 5.39. The molecule has 0 amide bonds. The van der Waals surface area contributed by atoms with Crippen LogP contribution in [0.4, 0.5) is 17.3 Å². The van der Waals surface area contributed by atoms with Gasteiger partial charge < -0.3 is 34.9 Å². The van der Waals surface area contributed by atoms with Crippen molar-refractivity contribution in [3.63, 3.8) is 0 Å². The molecule has 3 rings (SSSR count). The van der Waals surface area contributed by atoms with E-state index in [0.717, 1.165) is 6.42 Å². The number of nitrogens with zero attached hydrogens (tertiary/aromatic N) is 3. The van der Waals surface area contributed by atoms with Crippen LogP contribution >= 0.6 is 12.2 Å². The van der Waals surface area contributed by atoms with Crippen LogP contribution in [-0.4, -0.2) is 61.7 Å². The first kappa shape index (κ1) is 23.2. The van der Waals surface area contributed by atoms with E-state index in [2.05, 4.69) is 30.9 Å². The van der Waals surface area contributed by atoms with Gasteiger partial charge in [0, 0.05) is 38.1 Å². The molecule has 0 bridgehead atoms. The van der Waals surface area contributed by atoms with Gasteiger partial charge in [0.15, 0.2) is 28.1 Å². The van der Waals surface area contributed by atoms with Gasteiger partial charge in [-0.15, -0.1) is 0 Å².